The van der Waals surface area contributed by atoms with Gasteiger partial charge < -0.3 is 4.74 Å². The molecule has 0 aliphatic rings. The van der Waals surface area contributed by atoms with Crippen LogP contribution in [0.15, 0.2) is 40.1 Å². The zero-order valence-electron chi connectivity index (χ0n) is 11.6. The van der Waals surface area contributed by atoms with E-state index >= 15 is 0 Å². The minimum Gasteiger partial charge on any atom is -0.492 e. The van der Waals surface area contributed by atoms with Gasteiger partial charge in [-0.2, -0.15) is 5.26 Å². The zero-order chi connectivity index (χ0) is 15.2. The first-order valence-corrected chi connectivity index (χ1v) is 6.49. The van der Waals surface area contributed by atoms with Crippen LogP contribution >= 0.6 is 0 Å². The molecule has 21 heavy (non-hydrogen) atoms. The largest absolute Gasteiger partial charge is 0.492 e. The summed E-state index contributed by atoms with van der Waals surface area (Å²) in [6, 6.07) is 9.30. The van der Waals surface area contributed by atoms with Crippen LogP contribution in [0, 0.1) is 18.3 Å². The number of rotatable bonds is 5. The van der Waals surface area contributed by atoms with Gasteiger partial charge in [0.25, 0.3) is 5.56 Å². The van der Waals surface area contributed by atoms with E-state index in [-0.39, 0.29) is 5.56 Å². The molecule has 6 heteroatoms. The van der Waals surface area contributed by atoms with Gasteiger partial charge >= 0.3 is 5.69 Å². The van der Waals surface area contributed by atoms with Gasteiger partial charge in [0.15, 0.2) is 0 Å². The second-order valence-electron chi connectivity index (χ2n) is 4.59. The Balaban J connectivity index is 1.95. The monoisotopic (exact) mass is 285 g/mol. The van der Waals surface area contributed by atoms with Crippen molar-refractivity contribution in [3.63, 3.8) is 0 Å². The number of H-pyrrole nitrogens is 1. The Labute approximate surface area is 121 Å². The molecule has 0 radical (unpaired) electrons. The van der Waals surface area contributed by atoms with E-state index in [1.165, 1.54) is 10.8 Å². The summed E-state index contributed by atoms with van der Waals surface area (Å²) in [6.07, 6.45) is 1.88. The van der Waals surface area contributed by atoms with Gasteiger partial charge in [0, 0.05) is 11.8 Å². The maximum Gasteiger partial charge on any atom is 0.328 e. The summed E-state index contributed by atoms with van der Waals surface area (Å²) in [5.41, 5.74) is 0.594. The Morgan fingerprint density at radius 2 is 2.00 bits per heavy atom. The van der Waals surface area contributed by atoms with Gasteiger partial charge in [0.05, 0.1) is 19.0 Å². The van der Waals surface area contributed by atoms with Crippen LogP contribution in [0.25, 0.3) is 0 Å². The number of nitriles is 1. The summed E-state index contributed by atoms with van der Waals surface area (Å²) in [4.78, 5) is 25.1. The van der Waals surface area contributed by atoms with Crippen LogP contribution in [-0.2, 0) is 13.0 Å². The number of hydrogen-bond donors (Lipinski definition) is 1. The van der Waals surface area contributed by atoms with Crippen molar-refractivity contribution in [1.82, 2.24) is 9.55 Å². The van der Waals surface area contributed by atoms with Crippen molar-refractivity contribution in [3.05, 3.63) is 62.4 Å². The number of benzene rings is 1. The maximum absolute atomic E-state index is 11.6. The van der Waals surface area contributed by atoms with Gasteiger partial charge in [0.2, 0.25) is 0 Å². The van der Waals surface area contributed by atoms with Crippen molar-refractivity contribution in [2.24, 2.45) is 0 Å². The highest BCUT2D eigenvalue weighted by atomic mass is 16.5. The number of aromatic amines is 1. The van der Waals surface area contributed by atoms with Crippen molar-refractivity contribution >= 4 is 0 Å². The molecule has 0 spiro atoms. The summed E-state index contributed by atoms with van der Waals surface area (Å²) in [6.45, 7) is 2.29. The molecule has 1 heterocycles. The molecule has 0 amide bonds. The molecule has 0 aliphatic heterocycles. The first-order valence-electron chi connectivity index (χ1n) is 6.49. The van der Waals surface area contributed by atoms with E-state index in [0.717, 1.165) is 5.56 Å². The normalized spacial score (nSPS) is 10.1. The van der Waals surface area contributed by atoms with Gasteiger partial charge in [-0.05, 0) is 24.6 Å². The molecule has 0 saturated heterocycles. The Hall–Kier alpha value is -2.81. The minimum absolute atomic E-state index is 0.309. The summed E-state index contributed by atoms with van der Waals surface area (Å²) in [5, 5.41) is 8.59. The minimum atomic E-state index is -0.446. The molecule has 0 unspecified atom stereocenters. The Morgan fingerprint density at radius 1 is 1.29 bits per heavy atom. The van der Waals surface area contributed by atoms with Crippen molar-refractivity contribution in [2.45, 2.75) is 19.9 Å². The lowest BCUT2D eigenvalue weighted by atomic mass is 10.2. The van der Waals surface area contributed by atoms with Gasteiger partial charge in [0.1, 0.15) is 12.4 Å². The average molecular weight is 285 g/mol. The first-order chi connectivity index (χ1) is 10.1. The predicted octanol–water partition coefficient (Wildman–Crippen LogP) is 0.990. The van der Waals surface area contributed by atoms with Crippen LogP contribution in [0.3, 0.4) is 0 Å². The molecule has 2 rings (SSSR count). The summed E-state index contributed by atoms with van der Waals surface area (Å²) >= 11 is 0. The molecular weight excluding hydrogens is 270 g/mol. The predicted molar refractivity (Wildman–Crippen MR) is 77.3 cm³/mol. The highest BCUT2D eigenvalue weighted by Crippen LogP contribution is 2.12. The Morgan fingerprint density at radius 3 is 2.67 bits per heavy atom. The summed E-state index contributed by atoms with van der Waals surface area (Å²) in [7, 11) is 0. The van der Waals surface area contributed by atoms with Crippen molar-refractivity contribution in [2.75, 3.05) is 6.61 Å². The topological polar surface area (TPSA) is 87.9 Å². The van der Waals surface area contributed by atoms with E-state index in [4.69, 9.17) is 10.00 Å². The number of hydrogen-bond acceptors (Lipinski definition) is 4. The van der Waals surface area contributed by atoms with Gasteiger partial charge in [-0.1, -0.05) is 12.1 Å². The number of aromatic nitrogens is 2. The molecule has 0 atom stereocenters. The van der Waals surface area contributed by atoms with E-state index in [1.807, 2.05) is 12.1 Å². The van der Waals surface area contributed by atoms with Crippen molar-refractivity contribution < 1.29 is 4.74 Å². The van der Waals surface area contributed by atoms with Crippen LogP contribution in [0.5, 0.6) is 5.75 Å². The van der Waals surface area contributed by atoms with Crippen LogP contribution in [0.2, 0.25) is 0 Å². The van der Waals surface area contributed by atoms with E-state index in [1.54, 1.807) is 19.1 Å². The average Bonchev–Trinajstić information content (AvgIpc) is 2.46. The SMILES string of the molecule is Cc1cn(CCOc2ccc(CC#N)cc2)c(=O)[nH]c1=O. The molecule has 1 aromatic heterocycles. The Kier molecular flexibility index (Phi) is 4.57. The van der Waals surface area contributed by atoms with E-state index in [9.17, 15) is 9.59 Å². The number of ether oxygens (including phenoxy) is 1. The molecule has 0 bridgehead atoms. The quantitative estimate of drug-likeness (QED) is 0.887. The highest BCUT2D eigenvalue weighted by molar-refractivity contribution is 5.28. The maximum atomic E-state index is 11.6. The molecule has 6 nitrogen and oxygen atoms in total. The lowest BCUT2D eigenvalue weighted by Gasteiger charge is -2.08. The fourth-order valence-electron chi connectivity index (χ4n) is 1.84. The zero-order valence-corrected chi connectivity index (χ0v) is 11.6. The first kappa shape index (κ1) is 14.6. The van der Waals surface area contributed by atoms with Gasteiger partial charge in [-0.15, -0.1) is 0 Å². The molecule has 108 valence electrons. The molecule has 2 aromatic rings. The molecule has 0 saturated carbocycles. The number of nitrogens with zero attached hydrogens (tertiary/aromatic N) is 2. The number of aryl methyl sites for hydroxylation is 1. The van der Waals surface area contributed by atoms with Crippen molar-refractivity contribution in [1.29, 1.82) is 5.26 Å². The van der Waals surface area contributed by atoms with E-state index < -0.39 is 5.69 Å². The third-order valence-corrected chi connectivity index (χ3v) is 3.00. The van der Waals surface area contributed by atoms with Crippen LogP contribution in [-0.4, -0.2) is 16.2 Å². The molecule has 0 fully saturated rings. The third-order valence-electron chi connectivity index (χ3n) is 3.00. The highest BCUT2D eigenvalue weighted by Gasteiger charge is 2.01. The lowest BCUT2D eigenvalue weighted by Crippen LogP contribution is -2.32. The van der Waals surface area contributed by atoms with Crippen LogP contribution in [0.1, 0.15) is 11.1 Å². The standard InChI is InChI=1S/C15H15N3O3/c1-11-10-18(15(20)17-14(11)19)8-9-21-13-4-2-12(3-5-13)6-7-16/h2-5,10H,6,8-9H2,1H3,(H,17,19,20). The van der Waals surface area contributed by atoms with Crippen LogP contribution < -0.4 is 16.0 Å². The fourth-order valence-corrected chi connectivity index (χ4v) is 1.84. The molecular formula is C15H15N3O3. The van der Waals surface area contributed by atoms with Crippen LogP contribution in [0.4, 0.5) is 0 Å². The molecule has 0 aliphatic carbocycles. The molecule has 1 aromatic carbocycles. The second-order valence-corrected chi connectivity index (χ2v) is 4.59. The van der Waals surface area contributed by atoms with Gasteiger partial charge in [-0.25, -0.2) is 4.79 Å². The summed E-state index contributed by atoms with van der Waals surface area (Å²) in [5.74, 6) is 0.672. The lowest BCUT2D eigenvalue weighted by molar-refractivity contribution is 0.295. The van der Waals surface area contributed by atoms with Crippen molar-refractivity contribution in [3.8, 4) is 11.8 Å². The Bertz CT molecular complexity index is 766. The number of nitrogens with one attached hydrogen (secondary N) is 1. The van der Waals surface area contributed by atoms with Gasteiger partial charge in [-0.3, -0.25) is 14.3 Å². The smallest absolute Gasteiger partial charge is 0.328 e. The second kappa shape index (κ2) is 6.57. The molecule has 1 N–H and O–H groups in total. The van der Waals surface area contributed by atoms with E-state index in [2.05, 4.69) is 11.1 Å². The summed E-state index contributed by atoms with van der Waals surface area (Å²) < 4.78 is 6.94. The van der Waals surface area contributed by atoms with E-state index in [0.29, 0.717) is 30.9 Å². The third kappa shape index (κ3) is 3.83. The fraction of sp³-hybridized carbons (Fsp3) is 0.267.